The number of rotatable bonds is 4. The third-order valence-corrected chi connectivity index (χ3v) is 2.50. The summed E-state index contributed by atoms with van der Waals surface area (Å²) in [7, 11) is 0. The summed E-state index contributed by atoms with van der Waals surface area (Å²) in [5.41, 5.74) is 0.671. The summed E-state index contributed by atoms with van der Waals surface area (Å²) < 4.78 is 0. The molecule has 0 radical (unpaired) electrons. The SMILES string of the molecule is O=C(O)c1cccc(N=Nc2ccccc2C(=O)O)c1. The Balaban J connectivity index is 2.32. The van der Waals surface area contributed by atoms with Crippen molar-refractivity contribution in [3.8, 4) is 0 Å². The Morgan fingerprint density at radius 2 is 1.60 bits per heavy atom. The van der Waals surface area contributed by atoms with Crippen LogP contribution < -0.4 is 0 Å². The molecule has 2 aromatic carbocycles. The highest BCUT2D eigenvalue weighted by atomic mass is 16.4. The maximum Gasteiger partial charge on any atom is 0.337 e. The van der Waals surface area contributed by atoms with Crippen molar-refractivity contribution < 1.29 is 19.8 Å². The number of carboxylic acid groups (broad SMARTS) is 2. The van der Waals surface area contributed by atoms with Gasteiger partial charge in [-0.05, 0) is 30.3 Å². The van der Waals surface area contributed by atoms with Crippen LogP contribution in [0.2, 0.25) is 0 Å². The lowest BCUT2D eigenvalue weighted by Crippen LogP contribution is -1.95. The van der Waals surface area contributed by atoms with Crippen molar-refractivity contribution in [3.05, 3.63) is 59.7 Å². The Labute approximate surface area is 114 Å². The average Bonchev–Trinajstić information content (AvgIpc) is 2.45. The van der Waals surface area contributed by atoms with E-state index in [1.54, 1.807) is 24.3 Å². The van der Waals surface area contributed by atoms with E-state index in [0.717, 1.165) is 0 Å². The maximum absolute atomic E-state index is 11.0. The number of aromatic carboxylic acids is 2. The fourth-order valence-corrected chi connectivity index (χ4v) is 1.55. The summed E-state index contributed by atoms with van der Waals surface area (Å²) in [6.07, 6.45) is 0. The van der Waals surface area contributed by atoms with Crippen LogP contribution in [-0.2, 0) is 0 Å². The first-order valence-electron chi connectivity index (χ1n) is 5.65. The molecule has 0 saturated heterocycles. The molecule has 0 unspecified atom stereocenters. The molecule has 20 heavy (non-hydrogen) atoms. The Morgan fingerprint density at radius 1 is 0.850 bits per heavy atom. The molecule has 0 aliphatic heterocycles. The number of hydrogen-bond acceptors (Lipinski definition) is 4. The molecule has 0 atom stereocenters. The average molecular weight is 270 g/mol. The van der Waals surface area contributed by atoms with E-state index in [0.29, 0.717) is 5.69 Å². The van der Waals surface area contributed by atoms with Gasteiger partial charge in [0, 0.05) is 0 Å². The summed E-state index contributed by atoms with van der Waals surface area (Å²) >= 11 is 0. The first-order chi connectivity index (χ1) is 9.58. The van der Waals surface area contributed by atoms with Gasteiger partial charge >= 0.3 is 11.9 Å². The second-order valence-corrected chi connectivity index (χ2v) is 3.88. The van der Waals surface area contributed by atoms with Crippen LogP contribution in [0.5, 0.6) is 0 Å². The number of azo groups is 1. The predicted octanol–water partition coefficient (Wildman–Crippen LogP) is 3.50. The third-order valence-electron chi connectivity index (χ3n) is 2.50. The van der Waals surface area contributed by atoms with Crippen LogP contribution in [-0.4, -0.2) is 22.2 Å². The molecular formula is C14H10N2O4. The van der Waals surface area contributed by atoms with Crippen molar-refractivity contribution >= 4 is 23.3 Å². The molecule has 2 aromatic rings. The van der Waals surface area contributed by atoms with Gasteiger partial charge in [-0.2, -0.15) is 5.11 Å². The predicted molar refractivity (Wildman–Crippen MR) is 71.0 cm³/mol. The number of hydrogen-bond donors (Lipinski definition) is 2. The minimum absolute atomic E-state index is 0.0330. The number of carbonyl (C=O) groups is 2. The standard InChI is InChI=1S/C14H10N2O4/c17-13(18)9-4-3-5-10(8-9)15-16-12-7-2-1-6-11(12)14(19)20/h1-8H,(H,17,18)(H,19,20). The van der Waals surface area contributed by atoms with Gasteiger partial charge in [0.15, 0.2) is 0 Å². The van der Waals surface area contributed by atoms with Crippen LogP contribution in [0.15, 0.2) is 58.8 Å². The van der Waals surface area contributed by atoms with E-state index in [1.165, 1.54) is 24.3 Å². The zero-order chi connectivity index (χ0) is 14.5. The van der Waals surface area contributed by atoms with Gasteiger partial charge in [-0.15, -0.1) is 5.11 Å². The van der Waals surface area contributed by atoms with E-state index in [9.17, 15) is 9.59 Å². The Kier molecular flexibility index (Phi) is 3.85. The fraction of sp³-hybridized carbons (Fsp3) is 0. The molecule has 0 aliphatic carbocycles. The molecule has 0 saturated carbocycles. The minimum atomic E-state index is -1.10. The van der Waals surface area contributed by atoms with Crippen molar-refractivity contribution in [1.82, 2.24) is 0 Å². The maximum atomic E-state index is 11.0. The molecule has 0 amide bonds. The highest BCUT2D eigenvalue weighted by Gasteiger charge is 2.08. The monoisotopic (exact) mass is 270 g/mol. The number of carboxylic acids is 2. The van der Waals surface area contributed by atoms with Gasteiger partial charge in [-0.1, -0.05) is 18.2 Å². The summed E-state index contributed by atoms with van der Waals surface area (Å²) in [6.45, 7) is 0. The molecule has 0 spiro atoms. The molecule has 6 heteroatoms. The molecule has 0 fully saturated rings. The second-order valence-electron chi connectivity index (χ2n) is 3.88. The van der Waals surface area contributed by atoms with E-state index in [4.69, 9.17) is 10.2 Å². The summed E-state index contributed by atoms with van der Waals surface area (Å²) in [5.74, 6) is -2.16. The van der Waals surface area contributed by atoms with E-state index in [-0.39, 0.29) is 16.8 Å². The van der Waals surface area contributed by atoms with Crippen molar-refractivity contribution in [2.75, 3.05) is 0 Å². The lowest BCUT2D eigenvalue weighted by atomic mass is 10.2. The Morgan fingerprint density at radius 3 is 2.30 bits per heavy atom. The number of nitrogens with zero attached hydrogens (tertiary/aromatic N) is 2. The minimum Gasteiger partial charge on any atom is -0.478 e. The molecule has 2 rings (SSSR count). The summed E-state index contributed by atoms with van der Waals surface area (Å²) in [6, 6.07) is 12.1. The molecule has 2 N–H and O–H groups in total. The van der Waals surface area contributed by atoms with Crippen LogP contribution in [0.1, 0.15) is 20.7 Å². The quantitative estimate of drug-likeness (QED) is 0.830. The number of benzene rings is 2. The van der Waals surface area contributed by atoms with Crippen LogP contribution in [0.25, 0.3) is 0 Å². The summed E-state index contributed by atoms with van der Waals surface area (Å²) in [5, 5.41) is 25.6. The Bertz CT molecular complexity index is 695. The van der Waals surface area contributed by atoms with Gasteiger partial charge in [0.05, 0.1) is 16.8 Å². The highest BCUT2D eigenvalue weighted by Crippen LogP contribution is 2.22. The van der Waals surface area contributed by atoms with E-state index in [1.807, 2.05) is 0 Å². The van der Waals surface area contributed by atoms with Gasteiger partial charge in [-0.3, -0.25) is 0 Å². The van der Waals surface area contributed by atoms with Crippen LogP contribution in [0.4, 0.5) is 11.4 Å². The molecule has 0 bridgehead atoms. The van der Waals surface area contributed by atoms with Gasteiger partial charge in [0.1, 0.15) is 5.69 Å². The van der Waals surface area contributed by atoms with E-state index >= 15 is 0 Å². The lowest BCUT2D eigenvalue weighted by molar-refractivity contribution is 0.0686. The largest absolute Gasteiger partial charge is 0.478 e. The van der Waals surface area contributed by atoms with Crippen molar-refractivity contribution in [1.29, 1.82) is 0 Å². The second kappa shape index (κ2) is 5.75. The zero-order valence-corrected chi connectivity index (χ0v) is 10.2. The van der Waals surface area contributed by atoms with Gasteiger partial charge in [0.25, 0.3) is 0 Å². The third kappa shape index (κ3) is 3.05. The first-order valence-corrected chi connectivity index (χ1v) is 5.65. The van der Waals surface area contributed by atoms with Crippen molar-refractivity contribution in [2.24, 2.45) is 10.2 Å². The summed E-state index contributed by atoms with van der Waals surface area (Å²) in [4.78, 5) is 21.8. The van der Waals surface area contributed by atoms with Gasteiger partial charge in [-0.25, -0.2) is 9.59 Å². The molecule has 0 heterocycles. The smallest absolute Gasteiger partial charge is 0.337 e. The van der Waals surface area contributed by atoms with Crippen LogP contribution in [0, 0.1) is 0 Å². The van der Waals surface area contributed by atoms with Crippen molar-refractivity contribution in [3.63, 3.8) is 0 Å². The van der Waals surface area contributed by atoms with E-state index in [2.05, 4.69) is 10.2 Å². The van der Waals surface area contributed by atoms with Crippen molar-refractivity contribution in [2.45, 2.75) is 0 Å². The molecule has 100 valence electrons. The van der Waals surface area contributed by atoms with Crippen LogP contribution >= 0.6 is 0 Å². The molecular weight excluding hydrogens is 260 g/mol. The highest BCUT2D eigenvalue weighted by molar-refractivity contribution is 5.93. The first kappa shape index (κ1) is 13.4. The normalized spacial score (nSPS) is 10.6. The van der Waals surface area contributed by atoms with E-state index < -0.39 is 11.9 Å². The molecule has 6 nitrogen and oxygen atoms in total. The van der Waals surface area contributed by atoms with Gasteiger partial charge < -0.3 is 10.2 Å². The molecule has 0 aromatic heterocycles. The lowest BCUT2D eigenvalue weighted by Gasteiger charge is -1.99. The Hall–Kier alpha value is -3.02. The van der Waals surface area contributed by atoms with Gasteiger partial charge in [0.2, 0.25) is 0 Å². The molecule has 0 aliphatic rings. The van der Waals surface area contributed by atoms with Crippen LogP contribution in [0.3, 0.4) is 0 Å². The topological polar surface area (TPSA) is 99.3 Å². The zero-order valence-electron chi connectivity index (χ0n) is 10.2. The fourth-order valence-electron chi connectivity index (χ4n) is 1.55.